The van der Waals surface area contributed by atoms with Crippen LogP contribution in [-0.4, -0.2) is 63.6 Å². The normalized spacial score (nSPS) is 14.1. The fourth-order valence-electron chi connectivity index (χ4n) is 4.09. The van der Waals surface area contributed by atoms with Gasteiger partial charge in [0.2, 0.25) is 11.8 Å². The number of carbonyl (C=O) groups is 3. The van der Waals surface area contributed by atoms with E-state index < -0.39 is 23.8 Å². The Labute approximate surface area is 233 Å². The van der Waals surface area contributed by atoms with Crippen LogP contribution >= 0.6 is 11.8 Å². The number of nitrogens with one attached hydrogen (secondary N) is 2. The van der Waals surface area contributed by atoms with Crippen molar-refractivity contribution in [2.75, 3.05) is 12.0 Å². The van der Waals surface area contributed by atoms with E-state index in [0.717, 1.165) is 6.42 Å². The fraction of sp³-hybridized carbons (Fsp3) is 0.690. The molecule has 0 fully saturated rings. The maximum atomic E-state index is 14.3. The Morgan fingerprint density at radius 1 is 1.03 bits per heavy atom. The van der Waals surface area contributed by atoms with E-state index in [1.54, 1.807) is 62.6 Å². The largest absolute Gasteiger partial charge is 0.508 e. The number of hydrogen-bond acceptors (Lipinski definition) is 6. The van der Waals surface area contributed by atoms with Crippen LogP contribution in [0.5, 0.6) is 5.75 Å². The highest BCUT2D eigenvalue weighted by Gasteiger charge is 2.39. The van der Waals surface area contributed by atoms with Crippen molar-refractivity contribution >= 4 is 29.7 Å². The summed E-state index contributed by atoms with van der Waals surface area (Å²) in [5.74, 6) is 0.528. The Morgan fingerprint density at radius 2 is 1.66 bits per heavy atom. The second kappa shape index (κ2) is 15.2. The summed E-state index contributed by atoms with van der Waals surface area (Å²) in [7, 11) is 0. The average molecular weight is 552 g/mol. The molecule has 0 bridgehead atoms. The SMILES string of the molecule is CSCCC(NC(=O)OC(C)(C)C)C(=O)N(C(C)CCC(C)C)C(C(=O)NC(C)C)c1ccc(O)c(C)c1. The lowest BCUT2D eigenvalue weighted by atomic mass is 9.95. The van der Waals surface area contributed by atoms with Crippen molar-refractivity contribution in [2.24, 2.45) is 5.92 Å². The number of carbonyl (C=O) groups excluding carboxylic acids is 3. The molecule has 0 radical (unpaired) electrons. The molecule has 3 unspecified atom stereocenters. The minimum atomic E-state index is -0.941. The highest BCUT2D eigenvalue weighted by Crippen LogP contribution is 2.30. The van der Waals surface area contributed by atoms with Crippen molar-refractivity contribution in [1.82, 2.24) is 15.5 Å². The lowest BCUT2D eigenvalue weighted by Gasteiger charge is -2.39. The minimum Gasteiger partial charge on any atom is -0.508 e. The first-order chi connectivity index (χ1) is 17.6. The van der Waals surface area contributed by atoms with Crippen molar-refractivity contribution in [2.45, 2.75) is 111 Å². The predicted molar refractivity (Wildman–Crippen MR) is 155 cm³/mol. The van der Waals surface area contributed by atoms with E-state index in [4.69, 9.17) is 4.74 Å². The molecule has 0 spiro atoms. The van der Waals surface area contributed by atoms with Crippen molar-refractivity contribution in [3.8, 4) is 5.75 Å². The van der Waals surface area contributed by atoms with Crippen LogP contribution in [0.1, 0.15) is 91.8 Å². The molecule has 0 aliphatic rings. The third kappa shape index (κ3) is 11.1. The molecule has 9 heteroatoms. The van der Waals surface area contributed by atoms with Gasteiger partial charge in [0.25, 0.3) is 0 Å². The van der Waals surface area contributed by atoms with Gasteiger partial charge in [0, 0.05) is 12.1 Å². The topological polar surface area (TPSA) is 108 Å². The van der Waals surface area contributed by atoms with E-state index in [0.29, 0.717) is 35.6 Å². The smallest absolute Gasteiger partial charge is 0.408 e. The molecule has 3 N–H and O–H groups in total. The van der Waals surface area contributed by atoms with Gasteiger partial charge in [0.05, 0.1) is 0 Å². The van der Waals surface area contributed by atoms with Crippen LogP contribution in [0, 0.1) is 12.8 Å². The molecule has 0 aliphatic carbocycles. The molecule has 0 aromatic heterocycles. The van der Waals surface area contributed by atoms with E-state index in [9.17, 15) is 19.5 Å². The monoisotopic (exact) mass is 551 g/mol. The minimum absolute atomic E-state index is 0.118. The van der Waals surface area contributed by atoms with Crippen LogP contribution in [0.15, 0.2) is 18.2 Å². The Hall–Kier alpha value is -2.42. The molecule has 1 aromatic carbocycles. The lowest BCUT2D eigenvalue weighted by molar-refractivity contribution is -0.145. The van der Waals surface area contributed by atoms with Gasteiger partial charge in [-0.1, -0.05) is 19.9 Å². The summed E-state index contributed by atoms with van der Waals surface area (Å²) >= 11 is 1.58. The molecule has 0 saturated carbocycles. The number of phenolic OH excluding ortho intramolecular Hbond substituents is 1. The van der Waals surface area contributed by atoms with Crippen LogP contribution in [-0.2, 0) is 14.3 Å². The van der Waals surface area contributed by atoms with E-state index >= 15 is 0 Å². The number of aromatic hydroxyl groups is 1. The molecule has 8 nitrogen and oxygen atoms in total. The molecule has 0 aliphatic heterocycles. The van der Waals surface area contributed by atoms with Crippen LogP contribution < -0.4 is 10.6 Å². The van der Waals surface area contributed by atoms with Crippen molar-refractivity contribution in [1.29, 1.82) is 0 Å². The fourth-order valence-corrected chi connectivity index (χ4v) is 4.56. The number of thioether (sulfide) groups is 1. The molecular formula is C29H49N3O5S. The van der Waals surface area contributed by atoms with Crippen molar-refractivity contribution in [3.05, 3.63) is 29.3 Å². The van der Waals surface area contributed by atoms with Crippen LogP contribution in [0.2, 0.25) is 0 Å². The summed E-state index contributed by atoms with van der Waals surface area (Å²) in [5, 5.41) is 15.9. The second-order valence-corrected chi connectivity index (χ2v) is 12.6. The third-order valence-corrected chi connectivity index (χ3v) is 6.63. The van der Waals surface area contributed by atoms with Crippen molar-refractivity contribution < 1.29 is 24.2 Å². The number of aryl methyl sites for hydroxylation is 1. The first-order valence-electron chi connectivity index (χ1n) is 13.5. The molecular weight excluding hydrogens is 502 g/mol. The molecule has 0 saturated heterocycles. The molecule has 3 atom stereocenters. The Balaban J connectivity index is 3.63. The van der Waals surface area contributed by atoms with Gasteiger partial charge < -0.3 is 25.4 Å². The number of alkyl carbamates (subject to hydrolysis) is 1. The summed E-state index contributed by atoms with van der Waals surface area (Å²) in [5.41, 5.74) is 0.493. The summed E-state index contributed by atoms with van der Waals surface area (Å²) < 4.78 is 5.46. The predicted octanol–water partition coefficient (Wildman–Crippen LogP) is 5.57. The number of nitrogens with zero attached hydrogens (tertiary/aromatic N) is 1. The van der Waals surface area contributed by atoms with Gasteiger partial charge in [-0.3, -0.25) is 9.59 Å². The zero-order chi connectivity index (χ0) is 29.2. The molecule has 38 heavy (non-hydrogen) atoms. The molecule has 0 heterocycles. The van der Waals surface area contributed by atoms with Gasteiger partial charge in [-0.15, -0.1) is 0 Å². The Kier molecular flexibility index (Phi) is 13.5. The summed E-state index contributed by atoms with van der Waals surface area (Å²) in [6.45, 7) is 17.0. The second-order valence-electron chi connectivity index (χ2n) is 11.7. The third-order valence-electron chi connectivity index (χ3n) is 5.98. The van der Waals surface area contributed by atoms with Crippen LogP contribution in [0.4, 0.5) is 4.79 Å². The first kappa shape index (κ1) is 33.6. The van der Waals surface area contributed by atoms with Crippen LogP contribution in [0.25, 0.3) is 0 Å². The van der Waals surface area contributed by atoms with E-state index in [1.807, 2.05) is 27.0 Å². The Morgan fingerprint density at radius 3 is 2.16 bits per heavy atom. The highest BCUT2D eigenvalue weighted by molar-refractivity contribution is 7.98. The van der Waals surface area contributed by atoms with Gasteiger partial charge in [0.15, 0.2) is 0 Å². The molecule has 3 amide bonds. The zero-order valence-electron chi connectivity index (χ0n) is 24.9. The summed E-state index contributed by atoms with van der Waals surface area (Å²) in [4.78, 5) is 42.4. The standard InChI is InChI=1S/C29H49N3O5S/c1-18(2)11-12-21(6)32(27(35)23(15-16-38-10)31-28(36)37-29(7,8)9)25(26(34)30-19(3)4)22-13-14-24(33)20(5)17-22/h13-14,17-19,21,23,25,33H,11-12,15-16H2,1-10H3,(H,30,34)(H,31,36). The lowest BCUT2D eigenvalue weighted by Crippen LogP contribution is -2.56. The number of phenols is 1. The first-order valence-corrected chi connectivity index (χ1v) is 14.9. The van der Waals surface area contributed by atoms with E-state index in [1.165, 1.54) is 0 Å². The quantitative estimate of drug-likeness (QED) is 0.296. The number of ether oxygens (including phenoxy) is 1. The number of amides is 3. The molecule has 1 rings (SSSR count). The highest BCUT2D eigenvalue weighted by atomic mass is 32.2. The summed E-state index contributed by atoms with van der Waals surface area (Å²) in [6.07, 6.45) is 3.21. The number of benzene rings is 1. The van der Waals surface area contributed by atoms with E-state index in [-0.39, 0.29) is 29.6 Å². The maximum absolute atomic E-state index is 14.3. The van der Waals surface area contributed by atoms with Gasteiger partial charge in [-0.2, -0.15) is 11.8 Å². The maximum Gasteiger partial charge on any atom is 0.408 e. The molecule has 1 aromatic rings. The van der Waals surface area contributed by atoms with Gasteiger partial charge >= 0.3 is 6.09 Å². The number of hydrogen-bond donors (Lipinski definition) is 3. The zero-order valence-corrected chi connectivity index (χ0v) is 25.7. The van der Waals surface area contributed by atoms with Gasteiger partial charge in [-0.05, 0) is 109 Å². The molecule has 216 valence electrons. The Bertz CT molecular complexity index is 929. The van der Waals surface area contributed by atoms with Gasteiger partial charge in [-0.25, -0.2) is 4.79 Å². The van der Waals surface area contributed by atoms with Crippen LogP contribution in [0.3, 0.4) is 0 Å². The number of rotatable bonds is 13. The summed E-state index contributed by atoms with van der Waals surface area (Å²) in [6, 6.07) is 2.73. The van der Waals surface area contributed by atoms with Crippen molar-refractivity contribution in [3.63, 3.8) is 0 Å². The van der Waals surface area contributed by atoms with E-state index in [2.05, 4.69) is 24.5 Å². The van der Waals surface area contributed by atoms with Gasteiger partial charge in [0.1, 0.15) is 23.4 Å². The average Bonchev–Trinajstić information content (AvgIpc) is 2.78.